The van der Waals surface area contributed by atoms with E-state index in [0.29, 0.717) is 42.4 Å². The van der Waals surface area contributed by atoms with Gasteiger partial charge in [-0.15, -0.1) is 0 Å². The maximum absolute atomic E-state index is 14.9. The molecule has 3 aromatic rings. The summed E-state index contributed by atoms with van der Waals surface area (Å²) in [5.41, 5.74) is 4.12. The molecule has 1 amide bonds. The van der Waals surface area contributed by atoms with Crippen molar-refractivity contribution in [3.05, 3.63) is 47.0 Å². The molecule has 4 rings (SSSR count). The number of amides is 1. The number of alkyl halides is 3. The molecule has 13 heteroatoms. The third-order valence-corrected chi connectivity index (χ3v) is 6.60. The monoisotopic (exact) mass is 550 g/mol. The number of anilines is 2. The largest absolute Gasteiger partial charge is 0.493 e. The second-order valence-electron chi connectivity index (χ2n) is 9.65. The van der Waals surface area contributed by atoms with Gasteiger partial charge in [-0.1, -0.05) is 0 Å². The van der Waals surface area contributed by atoms with Gasteiger partial charge in [-0.05, 0) is 46.0 Å². The van der Waals surface area contributed by atoms with E-state index >= 15 is 0 Å². The number of nitrogens with zero attached hydrogens (tertiary/aromatic N) is 4. The highest BCUT2D eigenvalue weighted by molar-refractivity contribution is 5.92. The zero-order valence-corrected chi connectivity index (χ0v) is 22.2. The zero-order chi connectivity index (χ0) is 28.6. The van der Waals surface area contributed by atoms with Crippen molar-refractivity contribution in [2.75, 3.05) is 44.8 Å². The number of benzene rings is 2. The Balaban J connectivity index is 1.71. The van der Waals surface area contributed by atoms with Gasteiger partial charge in [-0.3, -0.25) is 0 Å². The number of hydrogen-bond acceptors (Lipinski definition) is 8. The van der Waals surface area contributed by atoms with Gasteiger partial charge in [0, 0.05) is 48.4 Å². The van der Waals surface area contributed by atoms with E-state index in [-0.39, 0.29) is 34.6 Å². The fourth-order valence-corrected chi connectivity index (χ4v) is 4.64. The van der Waals surface area contributed by atoms with Crippen molar-refractivity contribution in [2.45, 2.75) is 39.0 Å². The lowest BCUT2D eigenvalue weighted by molar-refractivity contribution is -0.140. The van der Waals surface area contributed by atoms with Crippen LogP contribution in [0, 0.1) is 12.7 Å². The standard InChI is InChI=1S/C26H30F4N6O3/c1-13-12-35(4)6-7-36(13)25(37)39-22-10-18-20(11-21(22)38-5)33-15(3)34-24(18)32-14(2)17-8-16(31)9-19(23(17)27)26(28,29)30/h8-11,13-14H,6-7,12,31H2,1-5H3,(H,32,33,34)/t13-,14-/m1/s1. The first-order valence-corrected chi connectivity index (χ1v) is 12.2. The molecule has 2 aromatic carbocycles. The minimum absolute atomic E-state index is 0.0680. The Kier molecular flexibility index (Phi) is 7.73. The summed E-state index contributed by atoms with van der Waals surface area (Å²) in [6.07, 6.45) is -5.46. The van der Waals surface area contributed by atoms with Gasteiger partial charge >= 0.3 is 12.3 Å². The number of aromatic nitrogens is 2. The van der Waals surface area contributed by atoms with Crippen LogP contribution in [0.25, 0.3) is 10.9 Å². The van der Waals surface area contributed by atoms with Gasteiger partial charge in [0.2, 0.25) is 0 Å². The lowest BCUT2D eigenvalue weighted by Gasteiger charge is -2.37. The van der Waals surface area contributed by atoms with Gasteiger partial charge < -0.3 is 30.3 Å². The molecule has 210 valence electrons. The van der Waals surface area contributed by atoms with Gasteiger partial charge in [0.1, 0.15) is 17.5 Å². The number of likely N-dealkylation sites (N-methyl/N-ethyl adjacent to an activating group) is 1. The predicted molar refractivity (Wildman–Crippen MR) is 138 cm³/mol. The number of rotatable bonds is 5. The lowest BCUT2D eigenvalue weighted by atomic mass is 10.0. The smallest absolute Gasteiger partial charge is 0.419 e. The zero-order valence-electron chi connectivity index (χ0n) is 22.2. The van der Waals surface area contributed by atoms with Crippen LogP contribution in [0.3, 0.4) is 0 Å². The average Bonchev–Trinajstić information content (AvgIpc) is 2.84. The summed E-state index contributed by atoms with van der Waals surface area (Å²) in [5.74, 6) is -0.512. The van der Waals surface area contributed by atoms with E-state index < -0.39 is 29.7 Å². The van der Waals surface area contributed by atoms with E-state index in [1.54, 1.807) is 17.9 Å². The molecule has 1 saturated heterocycles. The van der Waals surface area contributed by atoms with Crippen molar-refractivity contribution in [3.8, 4) is 11.5 Å². The topological polar surface area (TPSA) is 106 Å². The number of fused-ring (bicyclic) bond motifs is 1. The number of carbonyl (C=O) groups is 1. The van der Waals surface area contributed by atoms with Crippen LogP contribution in [-0.2, 0) is 6.18 Å². The number of halogens is 4. The van der Waals surface area contributed by atoms with Crippen LogP contribution in [-0.4, -0.2) is 65.7 Å². The predicted octanol–water partition coefficient (Wildman–Crippen LogP) is 4.99. The molecule has 2 atom stereocenters. The summed E-state index contributed by atoms with van der Waals surface area (Å²) in [4.78, 5) is 25.5. The molecule has 1 aromatic heterocycles. The van der Waals surface area contributed by atoms with Crippen molar-refractivity contribution in [1.29, 1.82) is 0 Å². The molecule has 2 heterocycles. The highest BCUT2D eigenvalue weighted by atomic mass is 19.4. The minimum Gasteiger partial charge on any atom is -0.493 e. The number of nitrogen functional groups attached to an aromatic ring is 1. The van der Waals surface area contributed by atoms with Crippen molar-refractivity contribution < 1.29 is 31.8 Å². The number of piperazine rings is 1. The third kappa shape index (κ3) is 5.92. The molecule has 0 radical (unpaired) electrons. The van der Waals surface area contributed by atoms with E-state index in [9.17, 15) is 22.4 Å². The fraction of sp³-hybridized carbons (Fsp3) is 0.423. The van der Waals surface area contributed by atoms with Crippen molar-refractivity contribution in [2.24, 2.45) is 0 Å². The molecule has 1 aliphatic heterocycles. The van der Waals surface area contributed by atoms with Gasteiger partial charge in [0.25, 0.3) is 0 Å². The van der Waals surface area contributed by atoms with Gasteiger partial charge in [-0.25, -0.2) is 19.2 Å². The quantitative estimate of drug-likeness (QED) is 0.338. The number of methoxy groups -OCH3 is 1. The van der Waals surface area contributed by atoms with Crippen LogP contribution in [0.5, 0.6) is 11.5 Å². The molecule has 3 N–H and O–H groups in total. The number of aryl methyl sites for hydroxylation is 1. The summed E-state index contributed by atoms with van der Waals surface area (Å²) in [6.45, 7) is 6.93. The van der Waals surface area contributed by atoms with Crippen LogP contribution >= 0.6 is 0 Å². The summed E-state index contributed by atoms with van der Waals surface area (Å²) in [7, 11) is 3.40. The Morgan fingerprint density at radius 3 is 2.54 bits per heavy atom. The third-order valence-electron chi connectivity index (χ3n) is 6.60. The van der Waals surface area contributed by atoms with Crippen LogP contribution in [0.2, 0.25) is 0 Å². The number of carbonyl (C=O) groups excluding carboxylic acids is 1. The Hall–Kier alpha value is -3.87. The van der Waals surface area contributed by atoms with Gasteiger partial charge in [0.15, 0.2) is 11.5 Å². The summed E-state index contributed by atoms with van der Waals surface area (Å²) >= 11 is 0. The maximum atomic E-state index is 14.9. The molecule has 39 heavy (non-hydrogen) atoms. The maximum Gasteiger partial charge on any atom is 0.419 e. The molecule has 0 spiro atoms. The van der Waals surface area contributed by atoms with Crippen LogP contribution in [0.1, 0.15) is 36.8 Å². The van der Waals surface area contributed by atoms with Crippen LogP contribution in [0.4, 0.5) is 33.9 Å². The fourth-order valence-electron chi connectivity index (χ4n) is 4.64. The van der Waals surface area contributed by atoms with Gasteiger partial charge in [0.05, 0.1) is 24.2 Å². The second kappa shape index (κ2) is 10.7. The number of hydrogen-bond donors (Lipinski definition) is 2. The Morgan fingerprint density at radius 2 is 1.90 bits per heavy atom. The van der Waals surface area contributed by atoms with E-state index in [1.807, 2.05) is 14.0 Å². The average molecular weight is 551 g/mol. The van der Waals surface area contributed by atoms with Crippen LogP contribution in [0.15, 0.2) is 24.3 Å². The number of nitrogens with one attached hydrogen (secondary N) is 1. The molecule has 0 unspecified atom stereocenters. The highest BCUT2D eigenvalue weighted by Crippen LogP contribution is 2.38. The molecular formula is C26H30F4N6O3. The molecule has 0 bridgehead atoms. The number of nitrogens with two attached hydrogens (primary N) is 1. The summed E-state index contributed by atoms with van der Waals surface area (Å²) < 4.78 is 66.1. The first-order valence-electron chi connectivity index (χ1n) is 12.2. The molecule has 0 aliphatic carbocycles. The van der Waals surface area contributed by atoms with Gasteiger partial charge in [-0.2, -0.15) is 13.2 Å². The van der Waals surface area contributed by atoms with Crippen molar-refractivity contribution >= 4 is 28.5 Å². The Bertz CT molecular complexity index is 1400. The molecule has 9 nitrogen and oxygen atoms in total. The van der Waals surface area contributed by atoms with E-state index in [1.165, 1.54) is 20.1 Å². The molecule has 1 fully saturated rings. The Labute approximate surface area is 222 Å². The first-order chi connectivity index (χ1) is 18.3. The molecular weight excluding hydrogens is 520 g/mol. The van der Waals surface area contributed by atoms with Crippen LogP contribution < -0.4 is 20.5 Å². The van der Waals surface area contributed by atoms with E-state index in [2.05, 4.69) is 20.2 Å². The summed E-state index contributed by atoms with van der Waals surface area (Å²) in [6, 6.07) is 3.75. The molecule has 1 aliphatic rings. The first kappa shape index (κ1) is 28.1. The summed E-state index contributed by atoms with van der Waals surface area (Å²) in [5, 5.41) is 3.36. The SMILES string of the molecule is COc1cc2nc(C)nc(N[C@H](C)c3cc(N)cc(C(F)(F)F)c3F)c2cc1OC(=O)N1CCN(C)C[C@H]1C. The van der Waals surface area contributed by atoms with Crippen molar-refractivity contribution in [3.63, 3.8) is 0 Å². The van der Waals surface area contributed by atoms with E-state index in [0.717, 1.165) is 6.07 Å². The normalized spacial score (nSPS) is 17.3. The van der Waals surface area contributed by atoms with Crippen molar-refractivity contribution in [1.82, 2.24) is 19.8 Å². The second-order valence-corrected chi connectivity index (χ2v) is 9.65. The lowest BCUT2D eigenvalue weighted by Crippen LogP contribution is -2.53. The Morgan fingerprint density at radius 1 is 1.18 bits per heavy atom. The number of ether oxygens (including phenoxy) is 2. The molecule has 0 saturated carbocycles. The highest BCUT2D eigenvalue weighted by Gasteiger charge is 2.36. The van der Waals surface area contributed by atoms with E-state index in [4.69, 9.17) is 15.2 Å². The minimum atomic E-state index is -4.91.